The molecule has 0 bridgehead atoms. The average Bonchev–Trinajstić information content (AvgIpc) is 2.28. The van der Waals surface area contributed by atoms with Crippen molar-refractivity contribution in [2.75, 3.05) is 0 Å². The number of halogens is 2. The molecular weight excluding hydrogens is 214 g/mol. The van der Waals surface area contributed by atoms with Crippen molar-refractivity contribution in [3.63, 3.8) is 0 Å². The fourth-order valence-electron chi connectivity index (χ4n) is 1.34. The summed E-state index contributed by atoms with van der Waals surface area (Å²) in [4.78, 5) is 11.3. The van der Waals surface area contributed by atoms with Gasteiger partial charge in [-0.1, -0.05) is 12.1 Å². The summed E-state index contributed by atoms with van der Waals surface area (Å²) in [6.07, 6.45) is 1.42. The van der Waals surface area contributed by atoms with Crippen LogP contribution in [0.1, 0.15) is 5.56 Å². The van der Waals surface area contributed by atoms with Gasteiger partial charge in [0, 0.05) is 17.8 Å². The predicted molar refractivity (Wildman–Crippen MR) is 54.0 cm³/mol. The first-order chi connectivity index (χ1) is 7.68. The van der Waals surface area contributed by atoms with E-state index in [0.717, 1.165) is 10.7 Å². The molecule has 16 heavy (non-hydrogen) atoms. The zero-order valence-electron chi connectivity index (χ0n) is 8.23. The van der Waals surface area contributed by atoms with E-state index in [2.05, 4.69) is 5.10 Å². The predicted octanol–water partition coefficient (Wildman–Crippen LogP) is 1.57. The van der Waals surface area contributed by atoms with E-state index in [1.165, 1.54) is 30.5 Å². The molecule has 0 aliphatic carbocycles. The lowest BCUT2D eigenvalue weighted by atomic mass is 10.2. The molecule has 0 aliphatic heterocycles. The van der Waals surface area contributed by atoms with Gasteiger partial charge in [-0.15, -0.1) is 0 Å². The van der Waals surface area contributed by atoms with Gasteiger partial charge < -0.3 is 0 Å². The smallest absolute Gasteiger partial charge is 0.267 e. The number of rotatable bonds is 2. The van der Waals surface area contributed by atoms with E-state index in [0.29, 0.717) is 0 Å². The van der Waals surface area contributed by atoms with Gasteiger partial charge in [0.05, 0.1) is 6.54 Å². The Morgan fingerprint density at radius 1 is 1.19 bits per heavy atom. The van der Waals surface area contributed by atoms with Crippen LogP contribution < -0.4 is 5.56 Å². The van der Waals surface area contributed by atoms with Crippen LogP contribution in [-0.2, 0) is 6.54 Å². The highest BCUT2D eigenvalue weighted by Crippen LogP contribution is 2.11. The second-order valence-electron chi connectivity index (χ2n) is 3.23. The molecule has 1 aromatic heterocycles. The SMILES string of the molecule is O=c1cccnn1Cc1cccc(F)c1F. The van der Waals surface area contributed by atoms with Gasteiger partial charge >= 0.3 is 0 Å². The summed E-state index contributed by atoms with van der Waals surface area (Å²) in [6, 6.07) is 6.63. The van der Waals surface area contributed by atoms with Crippen molar-refractivity contribution >= 4 is 0 Å². The maximum absolute atomic E-state index is 13.3. The van der Waals surface area contributed by atoms with E-state index < -0.39 is 11.6 Å². The molecule has 3 nitrogen and oxygen atoms in total. The van der Waals surface area contributed by atoms with E-state index in [-0.39, 0.29) is 17.7 Å². The Labute approximate surface area is 90.0 Å². The lowest BCUT2D eigenvalue weighted by Gasteiger charge is -2.05. The van der Waals surface area contributed by atoms with Crippen molar-refractivity contribution in [2.24, 2.45) is 0 Å². The van der Waals surface area contributed by atoms with Crippen molar-refractivity contribution in [1.29, 1.82) is 0 Å². The molecule has 0 radical (unpaired) electrons. The Kier molecular flexibility index (Phi) is 2.76. The maximum Gasteiger partial charge on any atom is 0.267 e. The first kappa shape index (κ1) is 10.5. The molecular formula is C11H8F2N2O. The van der Waals surface area contributed by atoms with Gasteiger partial charge in [0.25, 0.3) is 5.56 Å². The second-order valence-corrected chi connectivity index (χ2v) is 3.23. The third-order valence-corrected chi connectivity index (χ3v) is 2.14. The minimum Gasteiger partial charge on any atom is -0.268 e. The summed E-state index contributed by atoms with van der Waals surface area (Å²) in [7, 11) is 0. The monoisotopic (exact) mass is 222 g/mol. The third kappa shape index (κ3) is 1.98. The van der Waals surface area contributed by atoms with Gasteiger partial charge in [-0.3, -0.25) is 4.79 Å². The van der Waals surface area contributed by atoms with Gasteiger partial charge in [0.1, 0.15) is 0 Å². The average molecular weight is 222 g/mol. The van der Waals surface area contributed by atoms with Crippen molar-refractivity contribution in [2.45, 2.75) is 6.54 Å². The topological polar surface area (TPSA) is 34.9 Å². The number of aromatic nitrogens is 2. The van der Waals surface area contributed by atoms with E-state index in [4.69, 9.17) is 0 Å². The molecule has 2 aromatic rings. The third-order valence-electron chi connectivity index (χ3n) is 2.14. The molecule has 82 valence electrons. The normalized spacial score (nSPS) is 10.4. The van der Waals surface area contributed by atoms with Crippen molar-refractivity contribution in [1.82, 2.24) is 9.78 Å². The molecule has 0 aliphatic rings. The first-order valence-corrected chi connectivity index (χ1v) is 4.63. The molecule has 0 atom stereocenters. The van der Waals surface area contributed by atoms with Gasteiger partial charge in [-0.2, -0.15) is 5.10 Å². The molecule has 1 aromatic carbocycles. The highest BCUT2D eigenvalue weighted by Gasteiger charge is 2.08. The summed E-state index contributed by atoms with van der Waals surface area (Å²) in [6.45, 7) is -0.0801. The van der Waals surface area contributed by atoms with Gasteiger partial charge in [0.15, 0.2) is 11.6 Å². The van der Waals surface area contributed by atoms with Crippen molar-refractivity contribution in [3.05, 3.63) is 64.1 Å². The Morgan fingerprint density at radius 2 is 2.00 bits per heavy atom. The molecule has 5 heteroatoms. The molecule has 0 amide bonds. The number of nitrogens with zero attached hydrogens (tertiary/aromatic N) is 2. The van der Waals surface area contributed by atoms with Crippen LogP contribution in [0, 0.1) is 11.6 Å². The molecule has 2 rings (SSSR count). The van der Waals surface area contributed by atoms with E-state index in [1.807, 2.05) is 0 Å². The molecule has 0 spiro atoms. The minimum atomic E-state index is -0.944. The molecule has 0 N–H and O–H groups in total. The van der Waals surface area contributed by atoms with Crippen LogP contribution in [-0.4, -0.2) is 9.78 Å². The maximum atomic E-state index is 13.3. The summed E-state index contributed by atoms with van der Waals surface area (Å²) in [5.74, 6) is -1.87. The second kappa shape index (κ2) is 4.22. The number of benzene rings is 1. The van der Waals surface area contributed by atoms with Crippen LogP contribution in [0.2, 0.25) is 0 Å². The van der Waals surface area contributed by atoms with Gasteiger partial charge in [-0.25, -0.2) is 13.5 Å². The summed E-state index contributed by atoms with van der Waals surface area (Å²) < 4.78 is 27.3. The van der Waals surface area contributed by atoms with Crippen molar-refractivity contribution < 1.29 is 8.78 Å². The zero-order chi connectivity index (χ0) is 11.5. The van der Waals surface area contributed by atoms with Crippen LogP contribution in [0.5, 0.6) is 0 Å². The van der Waals surface area contributed by atoms with Crippen LogP contribution in [0.3, 0.4) is 0 Å². The largest absolute Gasteiger partial charge is 0.268 e. The quantitative estimate of drug-likeness (QED) is 0.773. The van der Waals surface area contributed by atoms with Gasteiger partial charge in [0.2, 0.25) is 0 Å². The van der Waals surface area contributed by atoms with Gasteiger partial charge in [-0.05, 0) is 12.1 Å². The lowest BCUT2D eigenvalue weighted by molar-refractivity contribution is 0.489. The minimum absolute atomic E-state index is 0.0801. The van der Waals surface area contributed by atoms with E-state index in [1.54, 1.807) is 0 Å². The summed E-state index contributed by atoms with van der Waals surface area (Å²) in [5.41, 5.74) is -0.257. The van der Waals surface area contributed by atoms with E-state index >= 15 is 0 Å². The fourth-order valence-corrected chi connectivity index (χ4v) is 1.34. The van der Waals surface area contributed by atoms with Crippen LogP contribution in [0.4, 0.5) is 8.78 Å². The summed E-state index contributed by atoms with van der Waals surface area (Å²) >= 11 is 0. The molecule has 1 heterocycles. The van der Waals surface area contributed by atoms with Crippen LogP contribution in [0.25, 0.3) is 0 Å². The van der Waals surface area contributed by atoms with E-state index in [9.17, 15) is 13.6 Å². The molecule has 0 fully saturated rings. The Bertz CT molecular complexity index is 566. The number of hydrogen-bond donors (Lipinski definition) is 0. The highest BCUT2D eigenvalue weighted by molar-refractivity contribution is 5.19. The highest BCUT2D eigenvalue weighted by atomic mass is 19.2. The van der Waals surface area contributed by atoms with Crippen LogP contribution >= 0.6 is 0 Å². The Morgan fingerprint density at radius 3 is 2.75 bits per heavy atom. The molecule has 0 saturated carbocycles. The standard InChI is InChI=1S/C11H8F2N2O/c12-9-4-1-3-8(11(9)13)7-15-10(16)5-2-6-14-15/h1-6H,7H2. The molecule has 0 saturated heterocycles. The molecule has 0 unspecified atom stereocenters. The van der Waals surface area contributed by atoms with Crippen molar-refractivity contribution in [3.8, 4) is 0 Å². The van der Waals surface area contributed by atoms with Crippen LogP contribution in [0.15, 0.2) is 41.3 Å². The first-order valence-electron chi connectivity index (χ1n) is 4.63. The summed E-state index contributed by atoms with van der Waals surface area (Å²) in [5, 5.41) is 3.76. The Hall–Kier alpha value is -2.04. The number of hydrogen-bond acceptors (Lipinski definition) is 2. The lowest BCUT2D eigenvalue weighted by Crippen LogP contribution is -2.22. The Balaban J connectivity index is 2.38. The fraction of sp³-hybridized carbons (Fsp3) is 0.0909. The zero-order valence-corrected chi connectivity index (χ0v) is 8.23.